The molecule has 1 aliphatic rings. The molecule has 0 saturated carbocycles. The first-order chi connectivity index (χ1) is 14.2. The van der Waals surface area contributed by atoms with Crippen LogP contribution in [0.5, 0.6) is 0 Å². The summed E-state index contributed by atoms with van der Waals surface area (Å²) in [6.45, 7) is 0. The molecule has 156 valence electrons. The molecule has 1 aliphatic heterocycles. The standard InChI is InChI=1S/C22H20F3N3O2/c1-27-18(10-8-16-14(12-26)5-9-17(24)20(16)25)21(29)28(2)19(22(27)30)11-13-3-6-15(23)7-4-13/h3-7,9,18-19H,8,10-11H2,1-2H3. The van der Waals surface area contributed by atoms with Gasteiger partial charge in [-0.05, 0) is 42.7 Å². The Morgan fingerprint density at radius 2 is 1.53 bits per heavy atom. The molecule has 30 heavy (non-hydrogen) atoms. The summed E-state index contributed by atoms with van der Waals surface area (Å²) < 4.78 is 40.8. The van der Waals surface area contributed by atoms with E-state index in [1.807, 2.05) is 6.07 Å². The fraction of sp³-hybridized carbons (Fsp3) is 0.318. The van der Waals surface area contributed by atoms with Gasteiger partial charge >= 0.3 is 0 Å². The monoisotopic (exact) mass is 415 g/mol. The smallest absolute Gasteiger partial charge is 0.246 e. The van der Waals surface area contributed by atoms with E-state index in [1.54, 1.807) is 12.1 Å². The van der Waals surface area contributed by atoms with E-state index in [0.29, 0.717) is 5.56 Å². The Labute approximate surface area is 172 Å². The van der Waals surface area contributed by atoms with Gasteiger partial charge in [-0.3, -0.25) is 9.59 Å². The lowest BCUT2D eigenvalue weighted by Gasteiger charge is -2.42. The average Bonchev–Trinajstić information content (AvgIpc) is 2.74. The molecule has 2 aromatic carbocycles. The molecule has 1 saturated heterocycles. The van der Waals surface area contributed by atoms with E-state index in [0.717, 1.165) is 6.07 Å². The second-order valence-electron chi connectivity index (χ2n) is 7.30. The minimum Gasteiger partial charge on any atom is -0.332 e. The lowest BCUT2D eigenvalue weighted by atomic mass is 9.94. The van der Waals surface area contributed by atoms with Gasteiger partial charge < -0.3 is 9.80 Å². The van der Waals surface area contributed by atoms with E-state index in [-0.39, 0.29) is 42.2 Å². The summed E-state index contributed by atoms with van der Waals surface area (Å²) in [5.74, 6) is -3.21. The molecule has 2 aromatic rings. The Bertz CT molecular complexity index is 1020. The Balaban J connectivity index is 1.77. The summed E-state index contributed by atoms with van der Waals surface area (Å²) in [4.78, 5) is 28.4. The van der Waals surface area contributed by atoms with Gasteiger partial charge in [0.15, 0.2) is 11.6 Å². The number of likely N-dealkylation sites (N-methyl/N-ethyl adjacent to an activating group) is 2. The predicted molar refractivity (Wildman–Crippen MR) is 103 cm³/mol. The summed E-state index contributed by atoms with van der Waals surface area (Å²) in [6, 6.07) is 7.98. The van der Waals surface area contributed by atoms with Crippen LogP contribution in [0.15, 0.2) is 36.4 Å². The van der Waals surface area contributed by atoms with Crippen molar-refractivity contribution in [3.05, 3.63) is 70.5 Å². The molecule has 2 unspecified atom stereocenters. The third-order valence-electron chi connectivity index (χ3n) is 5.53. The zero-order valence-corrected chi connectivity index (χ0v) is 16.5. The maximum Gasteiger partial charge on any atom is 0.246 e. The van der Waals surface area contributed by atoms with E-state index >= 15 is 0 Å². The molecule has 0 spiro atoms. The topological polar surface area (TPSA) is 64.4 Å². The summed E-state index contributed by atoms with van der Waals surface area (Å²) in [5, 5.41) is 9.15. The van der Waals surface area contributed by atoms with E-state index in [1.165, 1.54) is 42.1 Å². The summed E-state index contributed by atoms with van der Waals surface area (Å²) in [5.41, 5.74) is 0.595. The second kappa shape index (κ2) is 8.57. The molecule has 8 heteroatoms. The lowest BCUT2D eigenvalue weighted by Crippen LogP contribution is -2.63. The highest BCUT2D eigenvalue weighted by molar-refractivity contribution is 5.96. The number of hydrogen-bond donors (Lipinski definition) is 0. The second-order valence-corrected chi connectivity index (χ2v) is 7.30. The minimum atomic E-state index is -1.12. The minimum absolute atomic E-state index is 0.00585. The Morgan fingerprint density at radius 3 is 2.17 bits per heavy atom. The fourth-order valence-corrected chi connectivity index (χ4v) is 3.72. The summed E-state index contributed by atoms with van der Waals surface area (Å²) in [7, 11) is 3.00. The number of amides is 2. The van der Waals surface area contributed by atoms with Gasteiger partial charge in [0.05, 0.1) is 11.6 Å². The first kappa shape index (κ1) is 21.4. The molecule has 0 radical (unpaired) electrons. The molecule has 0 bridgehead atoms. The van der Waals surface area contributed by atoms with Crippen molar-refractivity contribution in [1.29, 1.82) is 5.26 Å². The van der Waals surface area contributed by atoms with E-state index in [4.69, 9.17) is 5.26 Å². The molecule has 5 nitrogen and oxygen atoms in total. The van der Waals surface area contributed by atoms with Crippen molar-refractivity contribution in [2.75, 3.05) is 14.1 Å². The maximum absolute atomic E-state index is 14.2. The van der Waals surface area contributed by atoms with Gasteiger partial charge in [0, 0.05) is 26.1 Å². The molecule has 1 heterocycles. The van der Waals surface area contributed by atoms with Gasteiger partial charge in [-0.2, -0.15) is 5.26 Å². The van der Waals surface area contributed by atoms with Crippen LogP contribution < -0.4 is 0 Å². The maximum atomic E-state index is 14.2. The van der Waals surface area contributed by atoms with Crippen molar-refractivity contribution in [3.8, 4) is 6.07 Å². The molecule has 0 N–H and O–H groups in total. The Hall–Kier alpha value is -3.34. The molecule has 0 aliphatic carbocycles. The quantitative estimate of drug-likeness (QED) is 0.755. The van der Waals surface area contributed by atoms with Crippen molar-refractivity contribution < 1.29 is 22.8 Å². The predicted octanol–water partition coefficient (Wildman–Crippen LogP) is 2.82. The summed E-state index contributed by atoms with van der Waals surface area (Å²) >= 11 is 0. The van der Waals surface area contributed by atoms with Crippen LogP contribution in [0.3, 0.4) is 0 Å². The first-order valence-corrected chi connectivity index (χ1v) is 9.39. The van der Waals surface area contributed by atoms with Crippen LogP contribution >= 0.6 is 0 Å². The third-order valence-corrected chi connectivity index (χ3v) is 5.53. The molecular formula is C22H20F3N3O2. The molecule has 1 fully saturated rings. The molecule has 3 rings (SSSR count). The highest BCUT2D eigenvalue weighted by atomic mass is 19.2. The first-order valence-electron chi connectivity index (χ1n) is 9.39. The number of nitrogens with zero attached hydrogens (tertiary/aromatic N) is 3. The normalized spacial score (nSPS) is 19.2. The van der Waals surface area contributed by atoms with Crippen LogP contribution in [0, 0.1) is 28.8 Å². The van der Waals surface area contributed by atoms with Crippen LogP contribution in [-0.2, 0) is 22.4 Å². The van der Waals surface area contributed by atoms with E-state index < -0.39 is 29.5 Å². The van der Waals surface area contributed by atoms with Crippen LogP contribution in [-0.4, -0.2) is 47.8 Å². The molecular weight excluding hydrogens is 395 g/mol. The SMILES string of the molecule is CN1C(=O)C(Cc2ccc(F)cc2)N(C)C(=O)C1CCc1c(C#N)ccc(F)c1F. The molecule has 2 atom stereocenters. The lowest BCUT2D eigenvalue weighted by molar-refractivity contribution is -0.158. The Morgan fingerprint density at radius 1 is 0.933 bits per heavy atom. The van der Waals surface area contributed by atoms with E-state index in [2.05, 4.69) is 0 Å². The summed E-state index contributed by atoms with van der Waals surface area (Å²) in [6.07, 6.45) is 0.205. The third kappa shape index (κ3) is 4.01. The van der Waals surface area contributed by atoms with Gasteiger partial charge in [0.2, 0.25) is 11.8 Å². The number of nitriles is 1. The van der Waals surface area contributed by atoms with Gasteiger partial charge in [-0.15, -0.1) is 0 Å². The van der Waals surface area contributed by atoms with Crippen LogP contribution in [0.4, 0.5) is 13.2 Å². The average molecular weight is 415 g/mol. The highest BCUT2D eigenvalue weighted by Gasteiger charge is 2.42. The Kier molecular flexibility index (Phi) is 6.11. The van der Waals surface area contributed by atoms with Crippen molar-refractivity contribution in [3.63, 3.8) is 0 Å². The number of rotatable bonds is 5. The zero-order valence-electron chi connectivity index (χ0n) is 16.5. The number of carbonyl (C=O) groups is 2. The van der Waals surface area contributed by atoms with Crippen LogP contribution in [0.25, 0.3) is 0 Å². The molecule has 2 amide bonds. The van der Waals surface area contributed by atoms with Crippen molar-refractivity contribution in [2.24, 2.45) is 0 Å². The molecule has 0 aromatic heterocycles. The van der Waals surface area contributed by atoms with Gasteiger partial charge in [-0.1, -0.05) is 12.1 Å². The van der Waals surface area contributed by atoms with Crippen LogP contribution in [0.1, 0.15) is 23.1 Å². The van der Waals surface area contributed by atoms with Gasteiger partial charge in [0.1, 0.15) is 17.9 Å². The number of benzene rings is 2. The van der Waals surface area contributed by atoms with Gasteiger partial charge in [0.25, 0.3) is 0 Å². The number of carbonyl (C=O) groups excluding carboxylic acids is 2. The van der Waals surface area contributed by atoms with Gasteiger partial charge in [-0.25, -0.2) is 13.2 Å². The largest absolute Gasteiger partial charge is 0.332 e. The highest BCUT2D eigenvalue weighted by Crippen LogP contribution is 2.24. The number of halogens is 3. The fourth-order valence-electron chi connectivity index (χ4n) is 3.72. The van der Waals surface area contributed by atoms with Crippen molar-refractivity contribution in [2.45, 2.75) is 31.3 Å². The van der Waals surface area contributed by atoms with Crippen molar-refractivity contribution >= 4 is 11.8 Å². The number of piperazine rings is 1. The number of hydrogen-bond acceptors (Lipinski definition) is 3. The zero-order chi connectivity index (χ0) is 22.0. The van der Waals surface area contributed by atoms with E-state index in [9.17, 15) is 22.8 Å². The van der Waals surface area contributed by atoms with Crippen molar-refractivity contribution in [1.82, 2.24) is 9.80 Å². The van der Waals surface area contributed by atoms with Crippen LogP contribution in [0.2, 0.25) is 0 Å².